The first-order valence-corrected chi connectivity index (χ1v) is 8.77. The molecule has 0 aliphatic carbocycles. The topological polar surface area (TPSA) is 63.1 Å². The quantitative estimate of drug-likeness (QED) is 0.769. The number of halogens is 1. The number of hydrogen-bond acceptors (Lipinski definition) is 4. The van der Waals surface area contributed by atoms with Crippen molar-refractivity contribution in [3.05, 3.63) is 65.2 Å². The number of aryl methyl sites for hydroxylation is 1. The summed E-state index contributed by atoms with van der Waals surface area (Å²) in [5.74, 6) is -0.0928. The van der Waals surface area contributed by atoms with Crippen LogP contribution in [0, 0.1) is 6.92 Å². The van der Waals surface area contributed by atoms with E-state index in [2.05, 4.69) is 45.4 Å². The number of nitrogens with zero attached hydrogens (tertiary/aromatic N) is 4. The number of fused-ring (bicyclic) bond motifs is 1. The molecule has 132 valence electrons. The average Bonchev–Trinajstić information content (AvgIpc) is 3.26. The van der Waals surface area contributed by atoms with Gasteiger partial charge in [0.1, 0.15) is 12.7 Å². The predicted octanol–water partition coefficient (Wildman–Crippen LogP) is 3.23. The van der Waals surface area contributed by atoms with Gasteiger partial charge < -0.3 is 10.2 Å². The summed E-state index contributed by atoms with van der Waals surface area (Å²) in [5, 5.41) is 7.64. The molecule has 3 aromatic rings. The lowest BCUT2D eigenvalue weighted by molar-refractivity contribution is -0.115. The van der Waals surface area contributed by atoms with Crippen LogP contribution in [0.15, 0.2) is 49.1 Å². The Balaban J connectivity index is 1.55. The van der Waals surface area contributed by atoms with Crippen LogP contribution in [-0.4, -0.2) is 33.8 Å². The Labute approximate surface area is 156 Å². The molecule has 7 heteroatoms. The summed E-state index contributed by atoms with van der Waals surface area (Å²) >= 11 is 6.11. The molecule has 1 N–H and O–H groups in total. The molecule has 26 heavy (non-hydrogen) atoms. The van der Waals surface area contributed by atoms with Crippen LogP contribution < -0.4 is 10.2 Å². The normalized spacial score (nSPS) is 12.9. The van der Waals surface area contributed by atoms with Crippen molar-refractivity contribution in [2.45, 2.75) is 13.3 Å². The van der Waals surface area contributed by atoms with Gasteiger partial charge in [-0.15, -0.1) is 0 Å². The van der Waals surface area contributed by atoms with E-state index in [0.717, 1.165) is 18.7 Å². The second-order valence-corrected chi connectivity index (χ2v) is 6.74. The van der Waals surface area contributed by atoms with E-state index in [1.165, 1.54) is 23.1 Å². The summed E-state index contributed by atoms with van der Waals surface area (Å²) in [4.78, 5) is 18.8. The van der Waals surface area contributed by atoms with Gasteiger partial charge in [-0.3, -0.25) is 4.79 Å². The van der Waals surface area contributed by atoms with Gasteiger partial charge in [-0.2, -0.15) is 5.10 Å². The van der Waals surface area contributed by atoms with E-state index < -0.39 is 0 Å². The maximum absolute atomic E-state index is 12.7. The molecule has 0 saturated heterocycles. The first kappa shape index (κ1) is 16.6. The van der Waals surface area contributed by atoms with E-state index in [9.17, 15) is 4.79 Å². The van der Waals surface area contributed by atoms with Crippen LogP contribution in [0.25, 0.3) is 5.69 Å². The molecule has 4 rings (SSSR count). The van der Waals surface area contributed by atoms with Crippen LogP contribution in [0.5, 0.6) is 0 Å². The molecule has 0 unspecified atom stereocenters. The van der Waals surface area contributed by atoms with Gasteiger partial charge in [0.25, 0.3) is 0 Å². The third-order valence-electron chi connectivity index (χ3n) is 4.52. The molecule has 0 saturated carbocycles. The van der Waals surface area contributed by atoms with E-state index in [1.54, 1.807) is 23.1 Å². The van der Waals surface area contributed by atoms with Crippen LogP contribution in [-0.2, 0) is 11.2 Å². The number of benzene rings is 2. The molecule has 0 atom stereocenters. The Morgan fingerprint density at radius 3 is 3.00 bits per heavy atom. The summed E-state index contributed by atoms with van der Waals surface area (Å²) in [6.07, 6.45) is 3.99. The van der Waals surface area contributed by atoms with Crippen molar-refractivity contribution in [3.8, 4) is 5.69 Å². The lowest BCUT2D eigenvalue weighted by Crippen LogP contribution is -2.32. The van der Waals surface area contributed by atoms with E-state index in [-0.39, 0.29) is 5.91 Å². The number of aromatic nitrogens is 3. The second-order valence-electron chi connectivity index (χ2n) is 6.30. The SMILES string of the molecule is Cc1cccc2c1N(CC(=O)Nc1cc(Cl)ccc1-n1cncn1)CC2. The van der Waals surface area contributed by atoms with Gasteiger partial charge in [-0.25, -0.2) is 9.67 Å². The second kappa shape index (κ2) is 6.80. The van der Waals surface area contributed by atoms with E-state index in [4.69, 9.17) is 11.6 Å². The van der Waals surface area contributed by atoms with Crippen molar-refractivity contribution in [2.24, 2.45) is 0 Å². The summed E-state index contributed by atoms with van der Waals surface area (Å²) in [5.41, 5.74) is 4.99. The zero-order chi connectivity index (χ0) is 18.1. The fraction of sp³-hybridized carbons (Fsp3) is 0.211. The summed E-state index contributed by atoms with van der Waals surface area (Å²) < 4.78 is 1.60. The number of amides is 1. The monoisotopic (exact) mass is 367 g/mol. The molecule has 1 aliphatic rings. The smallest absolute Gasteiger partial charge is 0.243 e. The lowest BCUT2D eigenvalue weighted by Gasteiger charge is -2.21. The van der Waals surface area contributed by atoms with Gasteiger partial charge in [0.05, 0.1) is 17.9 Å². The number of carbonyl (C=O) groups is 1. The highest BCUT2D eigenvalue weighted by atomic mass is 35.5. The average molecular weight is 368 g/mol. The minimum Gasteiger partial charge on any atom is -0.361 e. The Morgan fingerprint density at radius 1 is 1.31 bits per heavy atom. The number of anilines is 2. The molecule has 1 aliphatic heterocycles. The molecule has 1 amide bonds. The molecule has 0 spiro atoms. The van der Waals surface area contributed by atoms with Crippen LogP contribution in [0.3, 0.4) is 0 Å². The predicted molar refractivity (Wildman–Crippen MR) is 102 cm³/mol. The highest BCUT2D eigenvalue weighted by Gasteiger charge is 2.23. The summed E-state index contributed by atoms with van der Waals surface area (Å²) in [6.45, 7) is 3.22. The third-order valence-corrected chi connectivity index (χ3v) is 4.76. The van der Waals surface area contributed by atoms with Crippen molar-refractivity contribution >= 4 is 28.9 Å². The molecule has 0 bridgehead atoms. The van der Waals surface area contributed by atoms with Gasteiger partial charge in [-0.1, -0.05) is 29.8 Å². The number of para-hydroxylation sites is 1. The molecule has 6 nitrogen and oxygen atoms in total. The largest absolute Gasteiger partial charge is 0.361 e. The Kier molecular flexibility index (Phi) is 4.34. The minimum atomic E-state index is -0.0928. The van der Waals surface area contributed by atoms with Crippen molar-refractivity contribution in [3.63, 3.8) is 0 Å². The van der Waals surface area contributed by atoms with E-state index in [0.29, 0.717) is 17.3 Å². The molecule has 2 aromatic carbocycles. The molecule has 1 aromatic heterocycles. The minimum absolute atomic E-state index is 0.0928. The Bertz CT molecular complexity index is 955. The molecule has 2 heterocycles. The first-order chi connectivity index (χ1) is 12.6. The summed E-state index contributed by atoms with van der Waals surface area (Å²) in [6, 6.07) is 11.6. The maximum atomic E-state index is 12.7. The Morgan fingerprint density at radius 2 is 2.19 bits per heavy atom. The Hall–Kier alpha value is -2.86. The summed E-state index contributed by atoms with van der Waals surface area (Å²) in [7, 11) is 0. The first-order valence-electron chi connectivity index (χ1n) is 8.39. The van der Waals surface area contributed by atoms with Crippen molar-refractivity contribution in [1.82, 2.24) is 14.8 Å². The molecule has 0 fully saturated rings. The van der Waals surface area contributed by atoms with E-state index in [1.807, 2.05) is 6.07 Å². The number of rotatable bonds is 4. The van der Waals surface area contributed by atoms with Crippen LogP contribution >= 0.6 is 11.6 Å². The highest BCUT2D eigenvalue weighted by molar-refractivity contribution is 6.31. The molecular formula is C19H18ClN5O. The zero-order valence-electron chi connectivity index (χ0n) is 14.3. The van der Waals surface area contributed by atoms with Gasteiger partial charge in [0, 0.05) is 17.3 Å². The molecule has 0 radical (unpaired) electrons. The third kappa shape index (κ3) is 3.15. The fourth-order valence-electron chi connectivity index (χ4n) is 3.40. The van der Waals surface area contributed by atoms with Gasteiger partial charge in [0.15, 0.2) is 0 Å². The number of nitrogens with one attached hydrogen (secondary N) is 1. The zero-order valence-corrected chi connectivity index (χ0v) is 15.1. The van der Waals surface area contributed by atoms with Crippen molar-refractivity contribution in [2.75, 3.05) is 23.3 Å². The van der Waals surface area contributed by atoms with Crippen molar-refractivity contribution in [1.29, 1.82) is 0 Å². The van der Waals surface area contributed by atoms with E-state index >= 15 is 0 Å². The lowest BCUT2D eigenvalue weighted by atomic mass is 10.1. The standard InChI is InChI=1S/C19H18ClN5O/c1-13-3-2-4-14-7-8-24(19(13)14)10-18(26)23-16-9-15(20)5-6-17(16)25-12-21-11-22-25/h2-6,9,11-12H,7-8,10H2,1H3,(H,23,26). The van der Waals surface area contributed by atoms with Gasteiger partial charge in [-0.05, 0) is 42.7 Å². The molecular weight excluding hydrogens is 350 g/mol. The van der Waals surface area contributed by atoms with Crippen LogP contribution in [0.4, 0.5) is 11.4 Å². The van der Waals surface area contributed by atoms with Gasteiger partial charge in [0.2, 0.25) is 5.91 Å². The van der Waals surface area contributed by atoms with Gasteiger partial charge >= 0.3 is 0 Å². The maximum Gasteiger partial charge on any atom is 0.243 e. The van der Waals surface area contributed by atoms with Crippen molar-refractivity contribution < 1.29 is 4.79 Å². The fourth-order valence-corrected chi connectivity index (χ4v) is 3.58. The van der Waals surface area contributed by atoms with Crippen LogP contribution in [0.2, 0.25) is 5.02 Å². The highest BCUT2D eigenvalue weighted by Crippen LogP contribution is 2.31. The number of hydrogen-bond donors (Lipinski definition) is 1. The number of carbonyl (C=O) groups excluding carboxylic acids is 1. The van der Waals surface area contributed by atoms with Crippen LogP contribution in [0.1, 0.15) is 11.1 Å².